The van der Waals surface area contributed by atoms with Crippen LogP contribution in [0.4, 0.5) is 0 Å². The molecular formula is C12H17N3OS. The second-order valence-corrected chi connectivity index (χ2v) is 4.90. The molecule has 0 fully saturated rings. The minimum absolute atomic E-state index is 0.0522. The van der Waals surface area contributed by atoms with Crippen LogP contribution in [0.3, 0.4) is 0 Å². The Morgan fingerprint density at radius 3 is 3.06 bits per heavy atom. The van der Waals surface area contributed by atoms with Crippen LogP contribution in [0.5, 0.6) is 0 Å². The van der Waals surface area contributed by atoms with Crippen molar-refractivity contribution < 1.29 is 4.74 Å². The summed E-state index contributed by atoms with van der Waals surface area (Å²) in [6.07, 6.45) is 4.64. The highest BCUT2D eigenvalue weighted by atomic mass is 32.1. The van der Waals surface area contributed by atoms with Crippen LogP contribution >= 0.6 is 11.3 Å². The van der Waals surface area contributed by atoms with Crippen LogP contribution in [0.2, 0.25) is 0 Å². The van der Waals surface area contributed by atoms with Crippen LogP contribution in [-0.2, 0) is 18.2 Å². The number of hydrogen-bond acceptors (Lipinski definition) is 4. The van der Waals surface area contributed by atoms with Crippen molar-refractivity contribution in [2.75, 3.05) is 13.2 Å². The number of nitrogens with two attached hydrogens (primary N) is 1. The van der Waals surface area contributed by atoms with E-state index < -0.39 is 0 Å². The Morgan fingerprint density at radius 1 is 1.59 bits per heavy atom. The van der Waals surface area contributed by atoms with Crippen molar-refractivity contribution in [2.24, 2.45) is 12.8 Å². The standard InChI is InChI=1S/C12H17N3OS/c1-15-9-10(8-14-15)12(7-13)16-5-4-11-3-2-6-17-11/h2-3,6,8-9,12H,4-5,7,13H2,1H3. The summed E-state index contributed by atoms with van der Waals surface area (Å²) in [5.41, 5.74) is 6.76. The van der Waals surface area contributed by atoms with E-state index in [1.807, 2.05) is 19.4 Å². The lowest BCUT2D eigenvalue weighted by Gasteiger charge is -2.13. The zero-order valence-electron chi connectivity index (χ0n) is 9.87. The highest BCUT2D eigenvalue weighted by molar-refractivity contribution is 7.09. The van der Waals surface area contributed by atoms with Crippen molar-refractivity contribution in [1.82, 2.24) is 9.78 Å². The molecule has 0 spiro atoms. The molecule has 4 nitrogen and oxygen atoms in total. The quantitative estimate of drug-likeness (QED) is 0.851. The average Bonchev–Trinajstić information content (AvgIpc) is 2.96. The molecule has 0 saturated heterocycles. The largest absolute Gasteiger partial charge is 0.372 e. The number of aromatic nitrogens is 2. The topological polar surface area (TPSA) is 53.1 Å². The molecule has 2 heterocycles. The van der Waals surface area contributed by atoms with Crippen molar-refractivity contribution in [3.8, 4) is 0 Å². The number of aryl methyl sites for hydroxylation is 1. The smallest absolute Gasteiger partial charge is 0.0977 e. The van der Waals surface area contributed by atoms with Crippen LogP contribution < -0.4 is 5.73 Å². The molecule has 0 aliphatic heterocycles. The molecule has 0 bridgehead atoms. The van der Waals surface area contributed by atoms with Crippen molar-refractivity contribution >= 4 is 11.3 Å². The molecule has 1 atom stereocenters. The second kappa shape index (κ2) is 5.95. The Balaban J connectivity index is 1.84. The molecule has 0 radical (unpaired) electrons. The van der Waals surface area contributed by atoms with Crippen molar-refractivity contribution in [3.05, 3.63) is 40.3 Å². The Kier molecular flexibility index (Phi) is 4.30. The first-order chi connectivity index (χ1) is 8.29. The van der Waals surface area contributed by atoms with Gasteiger partial charge in [0.05, 0.1) is 18.9 Å². The van der Waals surface area contributed by atoms with E-state index in [0.29, 0.717) is 13.2 Å². The fraction of sp³-hybridized carbons (Fsp3) is 0.417. The Bertz CT molecular complexity index is 438. The predicted molar refractivity (Wildman–Crippen MR) is 69.0 cm³/mol. The van der Waals surface area contributed by atoms with Gasteiger partial charge in [0, 0.05) is 36.7 Å². The third kappa shape index (κ3) is 3.39. The maximum Gasteiger partial charge on any atom is 0.0977 e. The molecule has 0 aliphatic carbocycles. The summed E-state index contributed by atoms with van der Waals surface area (Å²) in [5, 5.41) is 6.21. The first kappa shape index (κ1) is 12.3. The Morgan fingerprint density at radius 2 is 2.47 bits per heavy atom. The van der Waals surface area contributed by atoms with E-state index in [1.165, 1.54) is 4.88 Å². The van der Waals surface area contributed by atoms with E-state index in [0.717, 1.165) is 12.0 Å². The average molecular weight is 251 g/mol. The van der Waals surface area contributed by atoms with Crippen LogP contribution in [0.1, 0.15) is 16.5 Å². The van der Waals surface area contributed by atoms with Crippen LogP contribution in [-0.4, -0.2) is 22.9 Å². The van der Waals surface area contributed by atoms with Crippen molar-refractivity contribution in [1.29, 1.82) is 0 Å². The van der Waals surface area contributed by atoms with E-state index in [1.54, 1.807) is 16.0 Å². The van der Waals surface area contributed by atoms with Crippen LogP contribution in [0, 0.1) is 0 Å². The third-order valence-electron chi connectivity index (χ3n) is 2.56. The maximum atomic E-state index is 5.79. The van der Waals surface area contributed by atoms with Gasteiger partial charge in [-0.25, -0.2) is 0 Å². The minimum atomic E-state index is -0.0522. The van der Waals surface area contributed by atoms with Gasteiger partial charge < -0.3 is 10.5 Å². The normalized spacial score (nSPS) is 12.8. The molecule has 0 amide bonds. The lowest BCUT2D eigenvalue weighted by atomic mass is 10.2. The van der Waals surface area contributed by atoms with Crippen molar-refractivity contribution in [3.63, 3.8) is 0 Å². The molecule has 0 aromatic carbocycles. The van der Waals surface area contributed by atoms with E-state index >= 15 is 0 Å². The van der Waals surface area contributed by atoms with Gasteiger partial charge in [-0.15, -0.1) is 11.3 Å². The molecule has 2 N–H and O–H groups in total. The number of hydrogen-bond donors (Lipinski definition) is 1. The third-order valence-corrected chi connectivity index (χ3v) is 3.49. The first-order valence-corrected chi connectivity index (χ1v) is 6.50. The summed E-state index contributed by atoms with van der Waals surface area (Å²) < 4.78 is 7.56. The fourth-order valence-corrected chi connectivity index (χ4v) is 2.35. The molecule has 2 rings (SSSR count). The van der Waals surface area contributed by atoms with Gasteiger partial charge in [-0.3, -0.25) is 4.68 Å². The van der Waals surface area contributed by atoms with E-state index in [-0.39, 0.29) is 6.10 Å². The lowest BCUT2D eigenvalue weighted by Crippen LogP contribution is -2.16. The SMILES string of the molecule is Cn1cc(C(CN)OCCc2cccs2)cn1. The fourth-order valence-electron chi connectivity index (χ4n) is 1.66. The number of ether oxygens (including phenoxy) is 1. The molecule has 1 unspecified atom stereocenters. The van der Waals surface area contributed by atoms with Gasteiger partial charge >= 0.3 is 0 Å². The van der Waals surface area contributed by atoms with Crippen LogP contribution in [0.15, 0.2) is 29.9 Å². The summed E-state index contributed by atoms with van der Waals surface area (Å²) in [6.45, 7) is 1.17. The highest BCUT2D eigenvalue weighted by Crippen LogP contribution is 2.16. The number of nitrogens with zero attached hydrogens (tertiary/aromatic N) is 2. The zero-order valence-corrected chi connectivity index (χ0v) is 10.7. The van der Waals surface area contributed by atoms with Gasteiger partial charge in [0.1, 0.15) is 0 Å². The van der Waals surface area contributed by atoms with E-state index in [4.69, 9.17) is 10.5 Å². The van der Waals surface area contributed by atoms with Gasteiger partial charge in [-0.2, -0.15) is 5.10 Å². The van der Waals surface area contributed by atoms with Crippen molar-refractivity contribution in [2.45, 2.75) is 12.5 Å². The first-order valence-electron chi connectivity index (χ1n) is 5.62. The molecular weight excluding hydrogens is 234 g/mol. The van der Waals surface area contributed by atoms with E-state index in [9.17, 15) is 0 Å². The monoisotopic (exact) mass is 251 g/mol. The lowest BCUT2D eigenvalue weighted by molar-refractivity contribution is 0.0612. The van der Waals surface area contributed by atoms with Gasteiger partial charge in [-0.1, -0.05) is 6.07 Å². The molecule has 2 aromatic rings. The minimum Gasteiger partial charge on any atom is -0.372 e. The summed E-state index contributed by atoms with van der Waals surface area (Å²) in [7, 11) is 1.89. The molecule has 0 aliphatic rings. The Labute approximate surface area is 105 Å². The summed E-state index contributed by atoms with van der Waals surface area (Å²) in [5.74, 6) is 0. The summed E-state index contributed by atoms with van der Waals surface area (Å²) in [4.78, 5) is 1.34. The van der Waals surface area contributed by atoms with Gasteiger partial charge in [0.15, 0.2) is 0 Å². The molecule has 17 heavy (non-hydrogen) atoms. The summed E-state index contributed by atoms with van der Waals surface area (Å²) in [6, 6.07) is 4.18. The van der Waals surface area contributed by atoms with Gasteiger partial charge in [-0.05, 0) is 11.4 Å². The highest BCUT2D eigenvalue weighted by Gasteiger charge is 2.11. The Hall–Kier alpha value is -1.17. The van der Waals surface area contributed by atoms with Crippen LogP contribution in [0.25, 0.3) is 0 Å². The van der Waals surface area contributed by atoms with E-state index in [2.05, 4.69) is 22.6 Å². The second-order valence-electron chi connectivity index (χ2n) is 3.87. The van der Waals surface area contributed by atoms with Gasteiger partial charge in [0.2, 0.25) is 0 Å². The zero-order chi connectivity index (χ0) is 12.1. The molecule has 2 aromatic heterocycles. The van der Waals surface area contributed by atoms with Gasteiger partial charge in [0.25, 0.3) is 0 Å². The maximum absolute atomic E-state index is 5.79. The number of thiophene rings is 1. The molecule has 92 valence electrons. The molecule has 0 saturated carbocycles. The summed E-state index contributed by atoms with van der Waals surface area (Å²) >= 11 is 1.75. The molecule has 5 heteroatoms. The predicted octanol–water partition coefficient (Wildman–Crippen LogP) is 1.74. The number of rotatable bonds is 6.